The summed E-state index contributed by atoms with van der Waals surface area (Å²) in [5, 5.41) is 3.01. The Morgan fingerprint density at radius 1 is 1.09 bits per heavy atom. The SMILES string of the molecule is CC1=C(C(=O)Nc2ccccc2C)[C@H](c2ccccc2)n2c(s/c(=C/c3ccoc3)c2=O)=N1. The van der Waals surface area contributed by atoms with Crippen molar-refractivity contribution in [3.63, 3.8) is 0 Å². The fourth-order valence-corrected chi connectivity index (χ4v) is 5.02. The van der Waals surface area contributed by atoms with E-state index in [9.17, 15) is 9.59 Å². The van der Waals surface area contributed by atoms with Crippen molar-refractivity contribution in [2.75, 3.05) is 5.32 Å². The number of thiazole rings is 1. The average Bonchev–Trinajstić information content (AvgIpc) is 3.43. The Labute approximate surface area is 193 Å². The molecule has 33 heavy (non-hydrogen) atoms. The van der Waals surface area contributed by atoms with E-state index in [1.54, 1.807) is 29.2 Å². The summed E-state index contributed by atoms with van der Waals surface area (Å²) in [4.78, 5) is 32.3. The van der Waals surface area contributed by atoms with E-state index in [1.165, 1.54) is 11.3 Å². The molecule has 0 radical (unpaired) electrons. The van der Waals surface area contributed by atoms with Crippen molar-refractivity contribution in [2.24, 2.45) is 4.99 Å². The molecular formula is C26H21N3O3S. The molecule has 0 spiro atoms. The maximum Gasteiger partial charge on any atom is 0.271 e. The van der Waals surface area contributed by atoms with Crippen molar-refractivity contribution >= 4 is 29.0 Å². The molecule has 2 aromatic carbocycles. The van der Waals surface area contributed by atoms with Gasteiger partial charge in [-0.3, -0.25) is 14.2 Å². The lowest BCUT2D eigenvalue weighted by atomic mass is 9.95. The van der Waals surface area contributed by atoms with Gasteiger partial charge in [-0.05, 0) is 43.2 Å². The van der Waals surface area contributed by atoms with Crippen LogP contribution in [0, 0.1) is 6.92 Å². The molecule has 0 unspecified atom stereocenters. The number of carbonyl (C=O) groups excluding carboxylic acids is 1. The smallest absolute Gasteiger partial charge is 0.271 e. The summed E-state index contributed by atoms with van der Waals surface area (Å²) in [7, 11) is 0. The van der Waals surface area contributed by atoms with E-state index in [-0.39, 0.29) is 11.5 Å². The molecule has 1 amide bonds. The third-order valence-electron chi connectivity index (χ3n) is 5.62. The fourth-order valence-electron chi connectivity index (χ4n) is 3.97. The van der Waals surface area contributed by atoms with Gasteiger partial charge in [-0.25, -0.2) is 4.99 Å². The van der Waals surface area contributed by atoms with Gasteiger partial charge in [0.25, 0.3) is 11.5 Å². The Hall–Kier alpha value is -3.97. The number of rotatable bonds is 4. The van der Waals surface area contributed by atoms with Crippen LogP contribution in [-0.2, 0) is 4.79 Å². The summed E-state index contributed by atoms with van der Waals surface area (Å²) in [6.45, 7) is 3.76. The van der Waals surface area contributed by atoms with Crippen molar-refractivity contribution in [2.45, 2.75) is 19.9 Å². The standard InChI is InChI=1S/C26H21N3O3S/c1-16-8-6-7-11-20(16)28-24(30)22-17(2)27-26-29(23(22)19-9-4-3-5-10-19)25(31)21(33-26)14-18-12-13-32-15-18/h3-15,23H,1-2H3,(H,28,30)/b21-14+/t23-/m0/s1. The number of furan rings is 1. The number of para-hydroxylation sites is 1. The lowest BCUT2D eigenvalue weighted by molar-refractivity contribution is -0.113. The van der Waals surface area contributed by atoms with Gasteiger partial charge in [-0.15, -0.1) is 0 Å². The summed E-state index contributed by atoms with van der Waals surface area (Å²) < 4.78 is 7.28. The highest BCUT2D eigenvalue weighted by Gasteiger charge is 2.32. The van der Waals surface area contributed by atoms with Crippen molar-refractivity contribution in [1.29, 1.82) is 0 Å². The summed E-state index contributed by atoms with van der Waals surface area (Å²) in [6.07, 6.45) is 4.93. The first-order valence-corrected chi connectivity index (χ1v) is 11.3. The van der Waals surface area contributed by atoms with E-state index >= 15 is 0 Å². The molecule has 0 saturated heterocycles. The van der Waals surface area contributed by atoms with E-state index in [2.05, 4.69) is 10.3 Å². The molecule has 0 aliphatic carbocycles. The predicted octanol–water partition coefficient (Wildman–Crippen LogP) is 3.78. The Kier molecular flexibility index (Phi) is 5.40. The number of hydrogen-bond donors (Lipinski definition) is 1. The molecule has 7 heteroatoms. The van der Waals surface area contributed by atoms with Crippen LogP contribution in [0.25, 0.3) is 6.08 Å². The van der Waals surface area contributed by atoms with E-state index in [0.29, 0.717) is 20.6 Å². The van der Waals surface area contributed by atoms with Gasteiger partial charge in [0, 0.05) is 11.3 Å². The lowest BCUT2D eigenvalue weighted by Gasteiger charge is -2.25. The minimum Gasteiger partial charge on any atom is -0.472 e. The normalized spacial score (nSPS) is 15.8. The van der Waals surface area contributed by atoms with Crippen molar-refractivity contribution < 1.29 is 9.21 Å². The van der Waals surface area contributed by atoms with Crippen LogP contribution in [0.1, 0.15) is 29.7 Å². The van der Waals surface area contributed by atoms with Crippen LogP contribution in [0.5, 0.6) is 0 Å². The van der Waals surface area contributed by atoms with Gasteiger partial charge in [-0.1, -0.05) is 59.9 Å². The van der Waals surface area contributed by atoms with Crippen LogP contribution in [0.15, 0.2) is 98.7 Å². The minimum absolute atomic E-state index is 0.192. The van der Waals surface area contributed by atoms with Gasteiger partial charge in [0.05, 0.1) is 34.4 Å². The maximum atomic E-state index is 13.5. The Bertz CT molecular complexity index is 1540. The molecule has 0 bridgehead atoms. The number of carbonyl (C=O) groups is 1. The molecule has 4 aromatic rings. The second kappa shape index (κ2) is 8.52. The van der Waals surface area contributed by atoms with Gasteiger partial charge < -0.3 is 9.73 Å². The van der Waals surface area contributed by atoms with Gasteiger partial charge in [-0.2, -0.15) is 0 Å². The first kappa shape index (κ1) is 20.9. The number of benzene rings is 2. The minimum atomic E-state index is -0.585. The second-order valence-electron chi connectivity index (χ2n) is 7.82. The second-order valence-corrected chi connectivity index (χ2v) is 8.83. The number of anilines is 1. The zero-order valence-electron chi connectivity index (χ0n) is 18.1. The zero-order valence-corrected chi connectivity index (χ0v) is 18.9. The van der Waals surface area contributed by atoms with E-state index in [1.807, 2.05) is 68.4 Å². The quantitative estimate of drug-likeness (QED) is 0.509. The zero-order chi connectivity index (χ0) is 22.9. The number of fused-ring (bicyclic) bond motifs is 1. The molecule has 1 atom stereocenters. The molecule has 1 aliphatic heterocycles. The predicted molar refractivity (Wildman–Crippen MR) is 129 cm³/mol. The van der Waals surface area contributed by atoms with Gasteiger partial charge in [0.2, 0.25) is 0 Å². The van der Waals surface area contributed by atoms with E-state index < -0.39 is 6.04 Å². The number of allylic oxidation sites excluding steroid dienone is 1. The van der Waals surface area contributed by atoms with Crippen molar-refractivity contribution in [3.8, 4) is 0 Å². The maximum absolute atomic E-state index is 13.5. The molecule has 6 nitrogen and oxygen atoms in total. The topological polar surface area (TPSA) is 76.6 Å². The Morgan fingerprint density at radius 2 is 1.85 bits per heavy atom. The van der Waals surface area contributed by atoms with Crippen LogP contribution < -0.4 is 20.2 Å². The molecule has 2 aromatic heterocycles. The highest BCUT2D eigenvalue weighted by atomic mass is 32.1. The summed E-state index contributed by atoms with van der Waals surface area (Å²) in [5.41, 5.74) is 4.17. The first-order valence-electron chi connectivity index (χ1n) is 10.5. The Morgan fingerprint density at radius 3 is 2.58 bits per heavy atom. The third kappa shape index (κ3) is 3.87. The summed E-state index contributed by atoms with van der Waals surface area (Å²) >= 11 is 1.30. The van der Waals surface area contributed by atoms with Crippen LogP contribution >= 0.6 is 11.3 Å². The molecule has 1 aliphatic rings. The number of nitrogens with one attached hydrogen (secondary N) is 1. The van der Waals surface area contributed by atoms with Crippen LogP contribution in [0.3, 0.4) is 0 Å². The molecule has 164 valence electrons. The van der Waals surface area contributed by atoms with Crippen LogP contribution in [0.4, 0.5) is 5.69 Å². The molecule has 3 heterocycles. The lowest BCUT2D eigenvalue weighted by Crippen LogP contribution is -2.40. The monoisotopic (exact) mass is 455 g/mol. The third-order valence-corrected chi connectivity index (χ3v) is 6.60. The van der Waals surface area contributed by atoms with Crippen molar-refractivity contribution in [3.05, 3.63) is 121 Å². The van der Waals surface area contributed by atoms with Gasteiger partial charge >= 0.3 is 0 Å². The first-order chi connectivity index (χ1) is 16.0. The average molecular weight is 456 g/mol. The molecule has 0 saturated carbocycles. The molecule has 1 N–H and O–H groups in total. The molecular weight excluding hydrogens is 434 g/mol. The Balaban J connectivity index is 1.68. The highest BCUT2D eigenvalue weighted by molar-refractivity contribution is 7.07. The number of amides is 1. The van der Waals surface area contributed by atoms with E-state index in [4.69, 9.17) is 4.42 Å². The fraction of sp³-hybridized carbons (Fsp3) is 0.115. The number of hydrogen-bond acceptors (Lipinski definition) is 5. The number of nitrogens with zero attached hydrogens (tertiary/aromatic N) is 2. The van der Waals surface area contributed by atoms with Gasteiger partial charge in [0.15, 0.2) is 4.80 Å². The van der Waals surface area contributed by atoms with Crippen molar-refractivity contribution in [1.82, 2.24) is 4.57 Å². The van der Waals surface area contributed by atoms with Crippen LogP contribution in [0.2, 0.25) is 0 Å². The van der Waals surface area contributed by atoms with Gasteiger partial charge in [0.1, 0.15) is 0 Å². The largest absolute Gasteiger partial charge is 0.472 e. The molecule has 5 rings (SSSR count). The summed E-state index contributed by atoms with van der Waals surface area (Å²) in [5.74, 6) is -0.275. The highest BCUT2D eigenvalue weighted by Crippen LogP contribution is 2.31. The number of aromatic nitrogens is 1. The van der Waals surface area contributed by atoms with Crippen LogP contribution in [-0.4, -0.2) is 10.5 Å². The number of aryl methyl sites for hydroxylation is 1. The van der Waals surface area contributed by atoms with E-state index in [0.717, 1.165) is 22.4 Å². The summed E-state index contributed by atoms with van der Waals surface area (Å²) in [6, 6.07) is 18.4. The molecule has 0 fully saturated rings.